The molecule has 0 fully saturated rings. The molecule has 0 aliphatic rings. The highest BCUT2D eigenvalue weighted by atomic mass is 79.9. The second-order valence-corrected chi connectivity index (χ2v) is 6.65. The van der Waals surface area contributed by atoms with Crippen LogP contribution in [0.2, 0.25) is 0 Å². The van der Waals surface area contributed by atoms with Crippen molar-refractivity contribution in [2.24, 2.45) is 4.99 Å². The van der Waals surface area contributed by atoms with E-state index >= 15 is 0 Å². The summed E-state index contributed by atoms with van der Waals surface area (Å²) < 4.78 is 17.3. The van der Waals surface area contributed by atoms with Crippen molar-refractivity contribution < 1.29 is 14.2 Å². The minimum atomic E-state index is 0.470. The van der Waals surface area contributed by atoms with Crippen LogP contribution in [0, 0.1) is 0 Å². The van der Waals surface area contributed by atoms with Gasteiger partial charge in [-0.1, -0.05) is 30.9 Å². The first-order valence-electron chi connectivity index (χ1n) is 8.79. The number of halogens is 1. The zero-order chi connectivity index (χ0) is 20.4. The van der Waals surface area contributed by atoms with Crippen molar-refractivity contribution in [2.45, 2.75) is 13.1 Å². The molecule has 0 bridgehead atoms. The average Bonchev–Trinajstić information content (AvgIpc) is 2.72. The molecule has 0 atom stereocenters. The lowest BCUT2D eigenvalue weighted by Gasteiger charge is -2.16. The summed E-state index contributed by atoms with van der Waals surface area (Å²) in [6.45, 7) is 5.32. The highest BCUT2D eigenvalue weighted by molar-refractivity contribution is 9.10. The molecule has 2 aromatic carbocycles. The number of methoxy groups -OCH3 is 2. The molecule has 150 valence electrons. The number of benzene rings is 2. The van der Waals surface area contributed by atoms with Crippen LogP contribution in [0.1, 0.15) is 11.1 Å². The van der Waals surface area contributed by atoms with Crippen molar-refractivity contribution in [2.75, 3.05) is 27.9 Å². The van der Waals surface area contributed by atoms with E-state index < -0.39 is 0 Å². The average molecular weight is 448 g/mol. The van der Waals surface area contributed by atoms with Crippen LogP contribution >= 0.6 is 15.9 Å². The minimum absolute atomic E-state index is 0.470. The van der Waals surface area contributed by atoms with Gasteiger partial charge in [0, 0.05) is 25.7 Å². The van der Waals surface area contributed by atoms with Gasteiger partial charge in [-0.25, -0.2) is 0 Å². The van der Waals surface area contributed by atoms with E-state index in [0.717, 1.165) is 21.3 Å². The van der Waals surface area contributed by atoms with Gasteiger partial charge in [0.15, 0.2) is 17.5 Å². The van der Waals surface area contributed by atoms with Gasteiger partial charge in [0.1, 0.15) is 12.4 Å². The van der Waals surface area contributed by atoms with Gasteiger partial charge in [-0.15, -0.1) is 0 Å². The van der Waals surface area contributed by atoms with Crippen molar-refractivity contribution >= 4 is 21.9 Å². The fourth-order valence-corrected chi connectivity index (χ4v) is 3.25. The second-order valence-electron chi connectivity index (χ2n) is 5.80. The molecule has 0 amide bonds. The van der Waals surface area contributed by atoms with Crippen LogP contribution in [0.3, 0.4) is 0 Å². The monoisotopic (exact) mass is 447 g/mol. The van der Waals surface area contributed by atoms with Gasteiger partial charge < -0.3 is 24.8 Å². The molecule has 2 rings (SSSR count). The van der Waals surface area contributed by atoms with Crippen LogP contribution in [-0.2, 0) is 13.1 Å². The van der Waals surface area contributed by atoms with Crippen LogP contribution in [0.15, 0.2) is 58.5 Å². The SMILES string of the molecule is C=CCOc1ccccc1CNC(=NC)NCc1cc(Br)c(OC)c(OC)c1. The second kappa shape index (κ2) is 11.2. The van der Waals surface area contributed by atoms with Crippen molar-refractivity contribution in [3.05, 3.63) is 64.7 Å². The van der Waals surface area contributed by atoms with E-state index in [1.807, 2.05) is 36.4 Å². The normalized spacial score (nSPS) is 10.9. The van der Waals surface area contributed by atoms with Crippen LogP contribution in [-0.4, -0.2) is 33.8 Å². The standard InChI is InChI=1S/C21H26BrN3O3/c1-5-10-28-18-9-7-6-8-16(18)14-25-21(23-2)24-13-15-11-17(22)20(27-4)19(12-15)26-3/h5-9,11-12H,1,10,13-14H2,2-4H3,(H2,23,24,25). The number of nitrogens with one attached hydrogen (secondary N) is 2. The van der Waals surface area contributed by atoms with E-state index in [1.54, 1.807) is 27.3 Å². The van der Waals surface area contributed by atoms with Crippen molar-refractivity contribution in [1.82, 2.24) is 10.6 Å². The van der Waals surface area contributed by atoms with Crippen LogP contribution in [0.4, 0.5) is 0 Å². The molecule has 0 radical (unpaired) electrons. The number of hydrogen-bond acceptors (Lipinski definition) is 4. The molecular weight excluding hydrogens is 422 g/mol. The van der Waals surface area contributed by atoms with Crippen LogP contribution < -0.4 is 24.8 Å². The molecule has 0 unspecified atom stereocenters. The Morgan fingerprint density at radius 1 is 1.11 bits per heavy atom. The smallest absolute Gasteiger partial charge is 0.191 e. The van der Waals surface area contributed by atoms with Gasteiger partial charge in [-0.2, -0.15) is 0 Å². The first-order valence-corrected chi connectivity index (χ1v) is 9.58. The Morgan fingerprint density at radius 2 is 1.86 bits per heavy atom. The first-order chi connectivity index (χ1) is 13.6. The zero-order valence-electron chi connectivity index (χ0n) is 16.4. The van der Waals surface area contributed by atoms with Gasteiger partial charge >= 0.3 is 0 Å². The van der Waals surface area contributed by atoms with Crippen LogP contribution in [0.25, 0.3) is 0 Å². The molecule has 0 saturated carbocycles. The van der Waals surface area contributed by atoms with E-state index in [-0.39, 0.29) is 0 Å². The number of hydrogen-bond donors (Lipinski definition) is 2. The lowest BCUT2D eigenvalue weighted by atomic mass is 10.2. The number of aliphatic imine (C=N–C) groups is 1. The first kappa shape index (κ1) is 21.6. The van der Waals surface area contributed by atoms with E-state index in [0.29, 0.717) is 37.2 Å². The Hall–Kier alpha value is -2.67. The molecule has 0 aliphatic carbocycles. The zero-order valence-corrected chi connectivity index (χ0v) is 18.0. The highest BCUT2D eigenvalue weighted by Crippen LogP contribution is 2.36. The minimum Gasteiger partial charge on any atom is -0.493 e. The maximum absolute atomic E-state index is 5.69. The van der Waals surface area contributed by atoms with Gasteiger partial charge in [0.25, 0.3) is 0 Å². The third-order valence-corrected chi connectivity index (χ3v) is 4.54. The van der Waals surface area contributed by atoms with Crippen molar-refractivity contribution in [1.29, 1.82) is 0 Å². The number of rotatable bonds is 9. The lowest BCUT2D eigenvalue weighted by molar-refractivity contribution is 0.352. The molecule has 7 heteroatoms. The summed E-state index contributed by atoms with van der Waals surface area (Å²) in [7, 11) is 4.97. The molecule has 2 aromatic rings. The van der Waals surface area contributed by atoms with Gasteiger partial charge in [-0.05, 0) is 39.7 Å². The lowest BCUT2D eigenvalue weighted by Crippen LogP contribution is -2.36. The van der Waals surface area contributed by atoms with Crippen LogP contribution in [0.5, 0.6) is 17.2 Å². The third-order valence-electron chi connectivity index (χ3n) is 3.95. The van der Waals surface area contributed by atoms with Gasteiger partial charge in [0.05, 0.1) is 18.7 Å². The predicted molar refractivity (Wildman–Crippen MR) is 116 cm³/mol. The molecule has 0 spiro atoms. The van der Waals surface area contributed by atoms with E-state index in [9.17, 15) is 0 Å². The summed E-state index contributed by atoms with van der Waals surface area (Å²) >= 11 is 3.51. The summed E-state index contributed by atoms with van der Waals surface area (Å²) in [5.74, 6) is 2.86. The molecule has 0 heterocycles. The fraction of sp³-hybridized carbons (Fsp3) is 0.286. The molecule has 2 N–H and O–H groups in total. The maximum atomic E-state index is 5.69. The van der Waals surface area contributed by atoms with Gasteiger partial charge in [0.2, 0.25) is 0 Å². The Morgan fingerprint density at radius 3 is 2.54 bits per heavy atom. The van der Waals surface area contributed by atoms with Crippen molar-refractivity contribution in [3.8, 4) is 17.2 Å². The molecule has 28 heavy (non-hydrogen) atoms. The molecule has 0 saturated heterocycles. The number of guanidine groups is 1. The molecule has 6 nitrogen and oxygen atoms in total. The Balaban J connectivity index is 1.99. The molecular formula is C21H26BrN3O3. The summed E-state index contributed by atoms with van der Waals surface area (Å²) in [6, 6.07) is 11.8. The Labute approximate surface area is 174 Å². The summed E-state index contributed by atoms with van der Waals surface area (Å²) in [5.41, 5.74) is 2.07. The number of nitrogens with zero attached hydrogens (tertiary/aromatic N) is 1. The Kier molecular flexibility index (Phi) is 8.68. The topological polar surface area (TPSA) is 64.1 Å². The number of ether oxygens (including phenoxy) is 3. The fourth-order valence-electron chi connectivity index (χ4n) is 2.60. The summed E-state index contributed by atoms with van der Waals surface area (Å²) in [5, 5.41) is 6.60. The quantitative estimate of drug-likeness (QED) is 0.346. The highest BCUT2D eigenvalue weighted by Gasteiger charge is 2.11. The van der Waals surface area contributed by atoms with E-state index in [1.165, 1.54) is 0 Å². The van der Waals surface area contributed by atoms with E-state index in [2.05, 4.69) is 38.1 Å². The summed E-state index contributed by atoms with van der Waals surface area (Å²) in [6.07, 6.45) is 1.73. The van der Waals surface area contributed by atoms with E-state index in [4.69, 9.17) is 14.2 Å². The predicted octanol–water partition coefficient (Wildman–Crippen LogP) is 3.90. The van der Waals surface area contributed by atoms with Gasteiger partial charge in [-0.3, -0.25) is 4.99 Å². The third kappa shape index (κ3) is 5.92. The summed E-state index contributed by atoms with van der Waals surface area (Å²) in [4.78, 5) is 4.28. The molecule has 0 aromatic heterocycles. The largest absolute Gasteiger partial charge is 0.493 e. The maximum Gasteiger partial charge on any atom is 0.191 e. The Bertz CT molecular complexity index is 825. The molecule has 0 aliphatic heterocycles. The number of para-hydroxylation sites is 1. The van der Waals surface area contributed by atoms with Crippen molar-refractivity contribution in [3.63, 3.8) is 0 Å².